The largest absolute Gasteiger partial charge is 0.483 e. The predicted octanol–water partition coefficient (Wildman–Crippen LogP) is 4.29. The molecule has 0 aliphatic carbocycles. The Bertz CT molecular complexity index is 819. The maximum atomic E-state index is 12.3. The van der Waals surface area contributed by atoms with Gasteiger partial charge in [0.05, 0.1) is 5.92 Å². The summed E-state index contributed by atoms with van der Waals surface area (Å²) < 4.78 is 6.44. The van der Waals surface area contributed by atoms with Crippen molar-refractivity contribution in [1.82, 2.24) is 10.9 Å². The zero-order valence-corrected chi connectivity index (χ0v) is 18.3. The molecule has 0 aromatic heterocycles. The smallest absolute Gasteiger partial charge is 0.276 e. The maximum absolute atomic E-state index is 12.3. The van der Waals surface area contributed by atoms with Crippen molar-refractivity contribution in [2.24, 2.45) is 5.92 Å². The first-order valence-corrected chi connectivity index (χ1v) is 10.1. The Morgan fingerprint density at radius 1 is 1.04 bits per heavy atom. The molecule has 2 N–H and O–H groups in total. The van der Waals surface area contributed by atoms with Gasteiger partial charge >= 0.3 is 0 Å². The molecule has 0 aliphatic rings. The van der Waals surface area contributed by atoms with E-state index in [9.17, 15) is 9.59 Å². The van der Waals surface area contributed by atoms with E-state index >= 15 is 0 Å². The van der Waals surface area contributed by atoms with Crippen LogP contribution in [0.3, 0.4) is 0 Å². The molecule has 5 nitrogen and oxygen atoms in total. The third-order valence-corrected chi connectivity index (χ3v) is 4.83. The number of amides is 2. The van der Waals surface area contributed by atoms with Crippen LogP contribution in [0, 0.1) is 12.8 Å². The third kappa shape index (κ3) is 6.68. The van der Waals surface area contributed by atoms with Crippen LogP contribution >= 0.6 is 15.9 Å². The van der Waals surface area contributed by atoms with E-state index < -0.39 is 5.91 Å². The monoisotopic (exact) mass is 446 g/mol. The molecule has 2 aromatic carbocycles. The van der Waals surface area contributed by atoms with Crippen molar-refractivity contribution in [3.63, 3.8) is 0 Å². The van der Waals surface area contributed by atoms with Crippen molar-refractivity contribution in [3.8, 4) is 5.75 Å². The molecule has 0 saturated carbocycles. The maximum Gasteiger partial charge on any atom is 0.276 e. The molecule has 0 fully saturated rings. The molecule has 0 radical (unpaired) electrons. The van der Waals surface area contributed by atoms with Crippen molar-refractivity contribution < 1.29 is 14.3 Å². The summed E-state index contributed by atoms with van der Waals surface area (Å²) in [6.45, 7) is 7.87. The molecule has 0 saturated heterocycles. The zero-order valence-electron chi connectivity index (χ0n) is 16.7. The number of benzene rings is 2. The van der Waals surface area contributed by atoms with Gasteiger partial charge in [-0.1, -0.05) is 54.0 Å². The van der Waals surface area contributed by atoms with E-state index in [1.54, 1.807) is 13.0 Å². The first kappa shape index (κ1) is 22.0. The molecular formula is C22H27BrN2O3. The van der Waals surface area contributed by atoms with Crippen LogP contribution < -0.4 is 15.6 Å². The zero-order chi connectivity index (χ0) is 20.7. The Hall–Kier alpha value is -2.34. The second-order valence-electron chi connectivity index (χ2n) is 7.30. The molecule has 28 heavy (non-hydrogen) atoms. The third-order valence-electron chi connectivity index (χ3n) is 4.34. The van der Waals surface area contributed by atoms with E-state index in [4.69, 9.17) is 4.74 Å². The van der Waals surface area contributed by atoms with Gasteiger partial charge in [-0.25, -0.2) is 0 Å². The summed E-state index contributed by atoms with van der Waals surface area (Å²) in [5.74, 6) is 0.146. The van der Waals surface area contributed by atoms with Gasteiger partial charge in [0, 0.05) is 4.47 Å². The molecule has 0 spiro atoms. The number of carbonyl (C=O) groups is 2. The summed E-state index contributed by atoms with van der Waals surface area (Å²) in [7, 11) is 0. The number of ether oxygens (including phenoxy) is 1. The number of aryl methyl sites for hydroxylation is 1. The molecule has 150 valence electrons. The highest BCUT2D eigenvalue weighted by Gasteiger charge is 2.16. The van der Waals surface area contributed by atoms with E-state index in [0.29, 0.717) is 11.7 Å². The van der Waals surface area contributed by atoms with Gasteiger partial charge in [0.15, 0.2) is 6.61 Å². The average Bonchev–Trinajstić information content (AvgIpc) is 2.65. The van der Waals surface area contributed by atoms with Crippen molar-refractivity contribution in [1.29, 1.82) is 0 Å². The Balaban J connectivity index is 1.81. The molecule has 2 amide bonds. The van der Waals surface area contributed by atoms with Gasteiger partial charge in [-0.05, 0) is 61.1 Å². The lowest BCUT2D eigenvalue weighted by atomic mass is 9.96. The fourth-order valence-corrected chi connectivity index (χ4v) is 3.23. The summed E-state index contributed by atoms with van der Waals surface area (Å²) in [6.07, 6.45) is 1.01. The number of nitrogens with one attached hydrogen (secondary N) is 2. The second kappa shape index (κ2) is 10.3. The summed E-state index contributed by atoms with van der Waals surface area (Å²) in [6, 6.07) is 13.6. The van der Waals surface area contributed by atoms with Crippen LogP contribution in [0.15, 0.2) is 46.9 Å². The summed E-state index contributed by atoms with van der Waals surface area (Å²) >= 11 is 3.38. The summed E-state index contributed by atoms with van der Waals surface area (Å²) in [5, 5.41) is 0. The normalized spacial score (nSPS) is 11.8. The second-order valence-corrected chi connectivity index (χ2v) is 8.21. The van der Waals surface area contributed by atoms with Gasteiger partial charge in [0.1, 0.15) is 5.75 Å². The van der Waals surface area contributed by atoms with Gasteiger partial charge in [0.2, 0.25) is 5.91 Å². The van der Waals surface area contributed by atoms with Crippen LogP contribution in [0.4, 0.5) is 0 Å². The predicted molar refractivity (Wildman–Crippen MR) is 114 cm³/mol. The molecule has 0 bridgehead atoms. The van der Waals surface area contributed by atoms with Crippen LogP contribution in [0.1, 0.15) is 43.4 Å². The Morgan fingerprint density at radius 3 is 2.32 bits per heavy atom. The first-order chi connectivity index (χ1) is 13.3. The number of hydrazine groups is 1. The summed E-state index contributed by atoms with van der Waals surface area (Å²) in [4.78, 5) is 24.2. The fourth-order valence-electron chi connectivity index (χ4n) is 2.76. The molecule has 6 heteroatoms. The minimum absolute atomic E-state index is 0.180. The lowest BCUT2D eigenvalue weighted by Gasteiger charge is -2.15. The lowest BCUT2D eigenvalue weighted by molar-refractivity contribution is -0.130. The van der Waals surface area contributed by atoms with Gasteiger partial charge < -0.3 is 4.74 Å². The van der Waals surface area contributed by atoms with E-state index in [2.05, 4.69) is 40.6 Å². The highest BCUT2D eigenvalue weighted by atomic mass is 79.9. The lowest BCUT2D eigenvalue weighted by Crippen LogP contribution is -2.45. The van der Waals surface area contributed by atoms with Gasteiger partial charge in [-0.3, -0.25) is 20.4 Å². The number of hydrogen-bond donors (Lipinski definition) is 2. The molecule has 1 atom stereocenters. The van der Waals surface area contributed by atoms with E-state index in [0.717, 1.165) is 22.0 Å². The van der Waals surface area contributed by atoms with Crippen LogP contribution in [-0.2, 0) is 16.0 Å². The fraction of sp³-hybridized carbons (Fsp3) is 0.364. The van der Waals surface area contributed by atoms with Crippen LogP contribution in [0.2, 0.25) is 0 Å². The van der Waals surface area contributed by atoms with E-state index in [1.165, 1.54) is 5.56 Å². The summed E-state index contributed by atoms with van der Waals surface area (Å²) in [5.41, 5.74) is 7.93. The molecular weight excluding hydrogens is 420 g/mol. The van der Waals surface area contributed by atoms with Crippen molar-refractivity contribution in [2.75, 3.05) is 6.61 Å². The number of rotatable bonds is 7. The van der Waals surface area contributed by atoms with E-state index in [-0.39, 0.29) is 18.4 Å². The minimum atomic E-state index is -0.421. The van der Waals surface area contributed by atoms with E-state index in [1.807, 2.05) is 43.3 Å². The minimum Gasteiger partial charge on any atom is -0.483 e. The Kier molecular flexibility index (Phi) is 8.05. The highest BCUT2D eigenvalue weighted by Crippen LogP contribution is 2.22. The quantitative estimate of drug-likeness (QED) is 0.623. The Labute approximate surface area is 175 Å². The van der Waals surface area contributed by atoms with Crippen LogP contribution in [-0.4, -0.2) is 18.4 Å². The standard InChI is InChI=1S/C22H27BrN2O3/c1-14(2)11-17-5-7-18(8-6-17)16(4)22(27)25-24-21(26)13-28-20-10-9-19(23)12-15(20)3/h5-10,12,14,16H,11,13H2,1-4H3,(H,24,26)(H,25,27). The number of carbonyl (C=O) groups excluding carboxylic acids is 2. The number of hydrogen-bond acceptors (Lipinski definition) is 3. The highest BCUT2D eigenvalue weighted by molar-refractivity contribution is 9.10. The van der Waals surface area contributed by atoms with Gasteiger partial charge in [-0.2, -0.15) is 0 Å². The number of halogens is 1. The van der Waals surface area contributed by atoms with Gasteiger partial charge in [0.25, 0.3) is 5.91 Å². The molecule has 0 aliphatic heterocycles. The average molecular weight is 447 g/mol. The van der Waals surface area contributed by atoms with Crippen LogP contribution in [0.25, 0.3) is 0 Å². The van der Waals surface area contributed by atoms with Crippen molar-refractivity contribution in [2.45, 2.75) is 40.0 Å². The first-order valence-electron chi connectivity index (χ1n) is 9.32. The van der Waals surface area contributed by atoms with Crippen molar-refractivity contribution >= 4 is 27.7 Å². The van der Waals surface area contributed by atoms with Crippen LogP contribution in [0.5, 0.6) is 5.75 Å². The molecule has 2 rings (SSSR count). The molecule has 0 heterocycles. The molecule has 2 aromatic rings. The Morgan fingerprint density at radius 2 is 1.71 bits per heavy atom. The topological polar surface area (TPSA) is 67.4 Å². The molecule has 1 unspecified atom stereocenters. The SMILES string of the molecule is Cc1cc(Br)ccc1OCC(=O)NNC(=O)C(C)c1ccc(CC(C)C)cc1. The van der Waals surface area contributed by atoms with Gasteiger partial charge in [-0.15, -0.1) is 0 Å². The van der Waals surface area contributed by atoms with Crippen molar-refractivity contribution in [3.05, 3.63) is 63.6 Å².